The average Bonchev–Trinajstić information content (AvgIpc) is 3.24. The lowest BCUT2D eigenvalue weighted by Gasteiger charge is -2.26. The number of aliphatic hydroxyl groups is 1. The van der Waals surface area contributed by atoms with Crippen LogP contribution in [0.25, 0.3) is 0 Å². The van der Waals surface area contributed by atoms with E-state index in [1.165, 1.54) is 12.5 Å². The van der Waals surface area contributed by atoms with E-state index in [9.17, 15) is 34.2 Å². The lowest BCUT2D eigenvalue weighted by Crippen LogP contribution is -2.59. The zero-order valence-corrected chi connectivity index (χ0v) is 18.4. The predicted molar refractivity (Wildman–Crippen MR) is 114 cm³/mol. The first-order valence-electron chi connectivity index (χ1n) is 10.2. The molecule has 184 valence electrons. The van der Waals surface area contributed by atoms with Gasteiger partial charge < -0.3 is 42.6 Å². The summed E-state index contributed by atoms with van der Waals surface area (Å²) >= 11 is 0. The van der Waals surface area contributed by atoms with Crippen molar-refractivity contribution in [1.29, 1.82) is 0 Å². The lowest BCUT2D eigenvalue weighted by atomic mass is 10.0. The Labute approximate surface area is 189 Å². The van der Waals surface area contributed by atoms with Gasteiger partial charge in [-0.1, -0.05) is 13.8 Å². The zero-order valence-electron chi connectivity index (χ0n) is 18.4. The molecule has 10 N–H and O–H groups in total. The largest absolute Gasteiger partial charge is 0.480 e. The molecule has 14 nitrogen and oxygen atoms in total. The van der Waals surface area contributed by atoms with Gasteiger partial charge in [-0.15, -0.1) is 0 Å². The Kier molecular flexibility index (Phi) is 10.9. The second kappa shape index (κ2) is 13.1. The van der Waals surface area contributed by atoms with Crippen molar-refractivity contribution in [2.24, 2.45) is 17.4 Å². The first-order chi connectivity index (χ1) is 15.5. The molecule has 4 atom stereocenters. The third-order valence-corrected chi connectivity index (χ3v) is 4.69. The molecule has 1 aromatic heterocycles. The van der Waals surface area contributed by atoms with Crippen LogP contribution >= 0.6 is 0 Å². The SMILES string of the molecule is CC(C)C(NC(=O)C(N)Cc1cnc[nH]1)C(=O)NC(CO)C(=O)NC(CCC(N)=O)C(=O)O. The van der Waals surface area contributed by atoms with E-state index in [1.807, 2.05) is 0 Å². The summed E-state index contributed by atoms with van der Waals surface area (Å²) in [5, 5.41) is 25.7. The molecule has 4 amide bonds. The number of aromatic amines is 1. The number of carboxylic acids is 1. The molecule has 0 saturated heterocycles. The van der Waals surface area contributed by atoms with Crippen molar-refractivity contribution in [1.82, 2.24) is 25.9 Å². The van der Waals surface area contributed by atoms with Gasteiger partial charge in [0.15, 0.2) is 0 Å². The number of carbonyl (C=O) groups excluding carboxylic acids is 4. The van der Waals surface area contributed by atoms with Crippen LogP contribution in [0.2, 0.25) is 0 Å². The molecule has 0 aliphatic heterocycles. The maximum Gasteiger partial charge on any atom is 0.326 e. The number of H-pyrrole nitrogens is 1. The summed E-state index contributed by atoms with van der Waals surface area (Å²) in [6.07, 6.45) is 2.56. The summed E-state index contributed by atoms with van der Waals surface area (Å²) < 4.78 is 0. The first kappa shape index (κ1) is 27.5. The fourth-order valence-corrected chi connectivity index (χ4v) is 2.79. The van der Waals surface area contributed by atoms with Crippen molar-refractivity contribution in [3.63, 3.8) is 0 Å². The van der Waals surface area contributed by atoms with Gasteiger partial charge in [0.1, 0.15) is 18.1 Å². The highest BCUT2D eigenvalue weighted by atomic mass is 16.4. The molecule has 0 fully saturated rings. The summed E-state index contributed by atoms with van der Waals surface area (Å²) in [6.45, 7) is 2.48. The number of nitrogens with one attached hydrogen (secondary N) is 4. The van der Waals surface area contributed by atoms with Gasteiger partial charge >= 0.3 is 5.97 Å². The van der Waals surface area contributed by atoms with E-state index < -0.39 is 66.3 Å². The van der Waals surface area contributed by atoms with Gasteiger partial charge in [-0.3, -0.25) is 19.2 Å². The van der Waals surface area contributed by atoms with Crippen molar-refractivity contribution in [2.45, 2.75) is 57.3 Å². The number of primary amides is 1. The van der Waals surface area contributed by atoms with Crippen molar-refractivity contribution < 1.29 is 34.2 Å². The molecule has 1 heterocycles. The number of carbonyl (C=O) groups is 5. The Balaban J connectivity index is 2.77. The average molecular weight is 469 g/mol. The van der Waals surface area contributed by atoms with Crippen LogP contribution < -0.4 is 27.4 Å². The Morgan fingerprint density at radius 3 is 2.18 bits per heavy atom. The standard InChI is InChI=1S/C19H31N7O7/c1-9(2)15(26-16(29)11(20)5-10-6-22-8-23-10)18(31)25-13(7-27)17(30)24-12(19(32)33)3-4-14(21)28/h6,8-9,11-13,15,27H,3-5,7,20H2,1-2H3,(H2,21,28)(H,22,23)(H,24,30)(H,25,31)(H,26,29)(H,32,33). The lowest BCUT2D eigenvalue weighted by molar-refractivity contribution is -0.143. The number of nitrogens with zero attached hydrogens (tertiary/aromatic N) is 1. The summed E-state index contributed by atoms with van der Waals surface area (Å²) in [5.74, 6) is -4.92. The number of aromatic nitrogens is 2. The minimum Gasteiger partial charge on any atom is -0.480 e. The van der Waals surface area contributed by atoms with E-state index in [0.29, 0.717) is 5.69 Å². The number of amides is 4. The third kappa shape index (κ3) is 9.24. The molecule has 0 spiro atoms. The molecule has 0 saturated carbocycles. The molecular weight excluding hydrogens is 438 g/mol. The van der Waals surface area contributed by atoms with Gasteiger partial charge in [0.25, 0.3) is 0 Å². The van der Waals surface area contributed by atoms with Crippen LogP contribution in [0, 0.1) is 5.92 Å². The Morgan fingerprint density at radius 2 is 1.70 bits per heavy atom. The van der Waals surface area contributed by atoms with Gasteiger partial charge in [0, 0.05) is 24.7 Å². The highest BCUT2D eigenvalue weighted by molar-refractivity contribution is 5.94. The number of aliphatic carboxylic acids is 1. The second-order valence-electron chi connectivity index (χ2n) is 7.77. The van der Waals surface area contributed by atoms with Gasteiger partial charge in [-0.05, 0) is 12.3 Å². The van der Waals surface area contributed by atoms with E-state index in [4.69, 9.17) is 11.5 Å². The molecule has 0 aliphatic rings. The van der Waals surface area contributed by atoms with Gasteiger partial charge in [-0.25, -0.2) is 9.78 Å². The third-order valence-electron chi connectivity index (χ3n) is 4.69. The molecule has 0 bridgehead atoms. The smallest absolute Gasteiger partial charge is 0.326 e. The number of hydrogen-bond acceptors (Lipinski definition) is 8. The van der Waals surface area contributed by atoms with Gasteiger partial charge in [0.05, 0.1) is 19.0 Å². The normalized spacial score (nSPS) is 14.6. The minimum atomic E-state index is -1.50. The molecule has 1 aromatic rings. The Morgan fingerprint density at radius 1 is 1.06 bits per heavy atom. The van der Waals surface area contributed by atoms with Crippen LogP contribution in [-0.4, -0.2) is 80.6 Å². The predicted octanol–water partition coefficient (Wildman–Crippen LogP) is -3.27. The molecule has 0 radical (unpaired) electrons. The first-order valence-corrected chi connectivity index (χ1v) is 10.2. The number of nitrogens with two attached hydrogens (primary N) is 2. The molecule has 14 heteroatoms. The van der Waals surface area contributed by atoms with Crippen LogP contribution in [0.3, 0.4) is 0 Å². The van der Waals surface area contributed by atoms with Crippen molar-refractivity contribution in [3.05, 3.63) is 18.2 Å². The minimum absolute atomic E-state index is 0.155. The fraction of sp³-hybridized carbons (Fsp3) is 0.579. The van der Waals surface area contributed by atoms with Crippen LogP contribution in [0.5, 0.6) is 0 Å². The van der Waals surface area contributed by atoms with Crippen molar-refractivity contribution >= 4 is 29.6 Å². The number of aliphatic hydroxyl groups excluding tert-OH is 1. The molecule has 0 aliphatic carbocycles. The second-order valence-corrected chi connectivity index (χ2v) is 7.77. The quantitative estimate of drug-likeness (QED) is 0.136. The Hall–Kier alpha value is -3.52. The van der Waals surface area contributed by atoms with E-state index in [-0.39, 0.29) is 19.3 Å². The maximum absolute atomic E-state index is 12.7. The molecule has 0 aromatic carbocycles. The van der Waals surface area contributed by atoms with Crippen molar-refractivity contribution in [2.75, 3.05) is 6.61 Å². The highest BCUT2D eigenvalue weighted by Crippen LogP contribution is 2.05. The number of hydrogen-bond donors (Lipinski definition) is 8. The maximum atomic E-state index is 12.7. The highest BCUT2D eigenvalue weighted by Gasteiger charge is 2.31. The molecule has 33 heavy (non-hydrogen) atoms. The Bertz CT molecular complexity index is 828. The summed E-state index contributed by atoms with van der Waals surface area (Å²) in [6, 6.07) is -5.00. The van der Waals surface area contributed by atoms with E-state index >= 15 is 0 Å². The fourth-order valence-electron chi connectivity index (χ4n) is 2.79. The van der Waals surface area contributed by atoms with Crippen molar-refractivity contribution in [3.8, 4) is 0 Å². The number of imidazole rings is 1. The number of rotatable bonds is 14. The van der Waals surface area contributed by atoms with Gasteiger partial charge in [-0.2, -0.15) is 0 Å². The molecular formula is C19H31N7O7. The van der Waals surface area contributed by atoms with E-state index in [0.717, 1.165) is 0 Å². The van der Waals surface area contributed by atoms with Crippen LogP contribution in [-0.2, 0) is 30.4 Å². The van der Waals surface area contributed by atoms with Crippen LogP contribution in [0.15, 0.2) is 12.5 Å². The summed E-state index contributed by atoms with van der Waals surface area (Å²) in [7, 11) is 0. The van der Waals surface area contributed by atoms with Crippen LogP contribution in [0.4, 0.5) is 0 Å². The summed E-state index contributed by atoms with van der Waals surface area (Å²) in [4.78, 5) is 66.4. The summed E-state index contributed by atoms with van der Waals surface area (Å²) in [5.41, 5.74) is 11.5. The topological polar surface area (TPSA) is 243 Å². The molecule has 1 rings (SSSR count). The zero-order chi connectivity index (χ0) is 25.1. The van der Waals surface area contributed by atoms with Crippen LogP contribution in [0.1, 0.15) is 32.4 Å². The van der Waals surface area contributed by atoms with Gasteiger partial charge in [0.2, 0.25) is 23.6 Å². The van der Waals surface area contributed by atoms with E-state index in [2.05, 4.69) is 25.9 Å². The molecule has 4 unspecified atom stereocenters. The monoisotopic (exact) mass is 469 g/mol. The van der Waals surface area contributed by atoms with E-state index in [1.54, 1.807) is 13.8 Å². The number of carboxylic acid groups (broad SMARTS) is 1.